The molecule has 1 amide bonds. The summed E-state index contributed by atoms with van der Waals surface area (Å²) in [6, 6.07) is 3.45. The number of ether oxygens (including phenoxy) is 2. The second-order valence-corrected chi connectivity index (χ2v) is 7.72. The van der Waals surface area contributed by atoms with Crippen LogP contribution in [0.4, 0.5) is 13.2 Å². The summed E-state index contributed by atoms with van der Waals surface area (Å²) in [5.74, 6) is 0.000566. The van der Waals surface area contributed by atoms with E-state index in [9.17, 15) is 18.0 Å². The van der Waals surface area contributed by atoms with Crippen molar-refractivity contribution in [2.45, 2.75) is 57.3 Å². The van der Waals surface area contributed by atoms with Crippen LogP contribution >= 0.6 is 0 Å². The highest BCUT2D eigenvalue weighted by molar-refractivity contribution is 5.73. The van der Waals surface area contributed by atoms with Gasteiger partial charge in [-0.2, -0.15) is 13.2 Å². The van der Waals surface area contributed by atoms with Crippen molar-refractivity contribution in [1.82, 2.24) is 15.2 Å². The first-order valence-electron chi connectivity index (χ1n) is 10.1. The van der Waals surface area contributed by atoms with Gasteiger partial charge in [-0.15, -0.1) is 0 Å². The summed E-state index contributed by atoms with van der Waals surface area (Å²) in [6.07, 6.45) is 0.129. The lowest BCUT2D eigenvalue weighted by Gasteiger charge is -2.31. The molecule has 0 bridgehead atoms. The van der Waals surface area contributed by atoms with Gasteiger partial charge in [-0.05, 0) is 31.2 Å². The number of halogens is 3. The summed E-state index contributed by atoms with van der Waals surface area (Å²) in [4.78, 5) is 17.7. The maximum Gasteiger partial charge on any atom is 0.422 e. The molecule has 1 aromatic heterocycles. The number of aromatic nitrogens is 1. The highest BCUT2D eigenvalue weighted by atomic mass is 19.4. The van der Waals surface area contributed by atoms with Gasteiger partial charge >= 0.3 is 6.18 Å². The smallest absolute Gasteiger partial charge is 0.422 e. The van der Waals surface area contributed by atoms with Crippen LogP contribution < -0.4 is 10.1 Å². The Morgan fingerprint density at radius 1 is 1.31 bits per heavy atom. The van der Waals surface area contributed by atoms with Crippen LogP contribution in [0.5, 0.6) is 5.88 Å². The molecular weight excluding hydrogens is 387 g/mol. The van der Waals surface area contributed by atoms with E-state index < -0.39 is 12.8 Å². The number of carbonyl (C=O) groups is 1. The van der Waals surface area contributed by atoms with Crippen LogP contribution in [0.25, 0.3) is 0 Å². The van der Waals surface area contributed by atoms with Crippen molar-refractivity contribution in [3.8, 4) is 5.88 Å². The van der Waals surface area contributed by atoms with Crippen molar-refractivity contribution >= 4 is 5.91 Å². The number of nitrogens with zero attached hydrogens (tertiary/aromatic N) is 2. The average Bonchev–Trinajstić information content (AvgIpc) is 2.87. The number of fused-ring (bicyclic) bond motifs is 1. The van der Waals surface area contributed by atoms with Crippen LogP contribution in [-0.4, -0.2) is 67.0 Å². The van der Waals surface area contributed by atoms with Gasteiger partial charge in [0.25, 0.3) is 0 Å². The topological polar surface area (TPSA) is 63.7 Å². The molecule has 3 heterocycles. The molecule has 0 spiro atoms. The highest BCUT2D eigenvalue weighted by Crippen LogP contribution is 2.22. The third-order valence-corrected chi connectivity index (χ3v) is 5.33. The zero-order valence-electron chi connectivity index (χ0n) is 16.6. The largest absolute Gasteiger partial charge is 0.468 e. The van der Waals surface area contributed by atoms with Crippen LogP contribution in [-0.2, 0) is 22.4 Å². The minimum atomic E-state index is -4.37. The van der Waals surface area contributed by atoms with Gasteiger partial charge < -0.3 is 19.7 Å². The average molecular weight is 415 g/mol. The summed E-state index contributed by atoms with van der Waals surface area (Å²) in [5, 5.41) is 2.89. The summed E-state index contributed by atoms with van der Waals surface area (Å²) in [7, 11) is 0. The number of hydrogen-bond acceptors (Lipinski definition) is 5. The van der Waals surface area contributed by atoms with Crippen molar-refractivity contribution < 1.29 is 27.4 Å². The Kier molecular flexibility index (Phi) is 7.34. The first-order valence-corrected chi connectivity index (χ1v) is 10.1. The minimum absolute atomic E-state index is 0.0262. The number of alkyl halides is 3. The molecule has 9 heteroatoms. The van der Waals surface area contributed by atoms with Crippen LogP contribution in [0.15, 0.2) is 12.1 Å². The van der Waals surface area contributed by atoms with Crippen LogP contribution in [0.1, 0.15) is 37.4 Å². The lowest BCUT2D eigenvalue weighted by molar-refractivity contribution is -0.154. The molecule has 6 nitrogen and oxygen atoms in total. The SMILES string of the molecule is CC(=O)N[C@H]1CCC(CCN2CCc3ccc(OCC(F)(F)F)nc3CC2)OC1. The van der Waals surface area contributed by atoms with Gasteiger partial charge in [0.1, 0.15) is 0 Å². The fourth-order valence-electron chi connectivity index (χ4n) is 3.83. The van der Waals surface area contributed by atoms with Crippen LogP contribution in [0, 0.1) is 0 Å². The molecular formula is C20H28F3N3O3. The number of carbonyl (C=O) groups excluding carboxylic acids is 1. The maximum absolute atomic E-state index is 12.3. The van der Waals surface area contributed by atoms with E-state index in [1.54, 1.807) is 0 Å². The standard InChI is InChI=1S/C20H28F3N3O3/c1-14(27)24-16-3-4-17(28-12-16)7-10-26-9-6-15-2-5-19(25-18(15)8-11-26)29-13-20(21,22)23/h2,5,16-17H,3-4,6-13H2,1H3,(H,24,27)/t16-,17?/m0/s1. The molecule has 0 aromatic carbocycles. The van der Waals surface area contributed by atoms with Crippen LogP contribution in [0.3, 0.4) is 0 Å². The van der Waals surface area contributed by atoms with Crippen molar-refractivity contribution in [1.29, 1.82) is 0 Å². The second kappa shape index (κ2) is 9.75. The summed E-state index contributed by atoms with van der Waals surface area (Å²) >= 11 is 0. The number of nitrogens with one attached hydrogen (secondary N) is 1. The van der Waals surface area contributed by atoms with E-state index in [1.165, 1.54) is 13.0 Å². The van der Waals surface area contributed by atoms with E-state index in [0.29, 0.717) is 13.0 Å². The molecule has 1 N–H and O–H groups in total. The molecule has 2 atom stereocenters. The molecule has 2 aliphatic rings. The van der Waals surface area contributed by atoms with Crippen molar-refractivity contribution in [2.24, 2.45) is 0 Å². The molecule has 2 aliphatic heterocycles. The Bertz CT molecular complexity index is 691. The highest BCUT2D eigenvalue weighted by Gasteiger charge is 2.29. The van der Waals surface area contributed by atoms with Gasteiger partial charge in [0.2, 0.25) is 11.8 Å². The minimum Gasteiger partial charge on any atom is -0.468 e. The second-order valence-electron chi connectivity index (χ2n) is 7.72. The van der Waals surface area contributed by atoms with Crippen molar-refractivity contribution in [3.05, 3.63) is 23.4 Å². The zero-order valence-corrected chi connectivity index (χ0v) is 16.6. The molecule has 0 saturated carbocycles. The Balaban J connectivity index is 1.43. The van der Waals surface area contributed by atoms with E-state index in [-0.39, 0.29) is 23.9 Å². The zero-order chi connectivity index (χ0) is 20.9. The fourth-order valence-corrected chi connectivity index (χ4v) is 3.83. The quantitative estimate of drug-likeness (QED) is 0.774. The monoisotopic (exact) mass is 415 g/mol. The van der Waals surface area contributed by atoms with Gasteiger partial charge in [-0.25, -0.2) is 4.98 Å². The maximum atomic E-state index is 12.3. The molecule has 1 saturated heterocycles. The third-order valence-electron chi connectivity index (χ3n) is 5.33. The lowest BCUT2D eigenvalue weighted by atomic mass is 10.0. The van der Waals surface area contributed by atoms with Gasteiger partial charge in [0.05, 0.1) is 18.8 Å². The Morgan fingerprint density at radius 2 is 2.10 bits per heavy atom. The number of hydrogen-bond donors (Lipinski definition) is 1. The predicted molar refractivity (Wildman–Crippen MR) is 101 cm³/mol. The Morgan fingerprint density at radius 3 is 2.79 bits per heavy atom. The van der Waals surface area contributed by atoms with Crippen molar-refractivity contribution in [3.63, 3.8) is 0 Å². The van der Waals surface area contributed by atoms with Gasteiger partial charge in [-0.3, -0.25) is 4.79 Å². The lowest BCUT2D eigenvalue weighted by Crippen LogP contribution is -2.42. The molecule has 1 aromatic rings. The first-order chi connectivity index (χ1) is 13.8. The molecule has 1 fully saturated rings. The summed E-state index contributed by atoms with van der Waals surface area (Å²) in [6.45, 7) is 3.35. The molecule has 29 heavy (non-hydrogen) atoms. The fraction of sp³-hybridized carbons (Fsp3) is 0.700. The predicted octanol–water partition coefficient (Wildman–Crippen LogP) is 2.50. The number of pyridine rings is 1. The molecule has 162 valence electrons. The van der Waals surface area contributed by atoms with Gasteiger partial charge in [0, 0.05) is 44.7 Å². The van der Waals surface area contributed by atoms with E-state index >= 15 is 0 Å². The van der Waals surface area contributed by atoms with E-state index in [1.807, 2.05) is 6.07 Å². The Labute approximate surface area is 168 Å². The first kappa shape index (κ1) is 21.8. The van der Waals surface area contributed by atoms with E-state index in [4.69, 9.17) is 9.47 Å². The Hall–Kier alpha value is -1.87. The number of rotatable bonds is 6. The van der Waals surface area contributed by atoms with E-state index in [0.717, 1.165) is 56.6 Å². The molecule has 1 unspecified atom stereocenters. The van der Waals surface area contributed by atoms with E-state index in [2.05, 4.69) is 15.2 Å². The molecule has 0 radical (unpaired) electrons. The van der Waals surface area contributed by atoms with Crippen molar-refractivity contribution in [2.75, 3.05) is 32.8 Å². The van der Waals surface area contributed by atoms with Gasteiger partial charge in [0.15, 0.2) is 6.61 Å². The van der Waals surface area contributed by atoms with Gasteiger partial charge in [-0.1, -0.05) is 6.07 Å². The summed E-state index contributed by atoms with van der Waals surface area (Å²) in [5.41, 5.74) is 1.89. The summed E-state index contributed by atoms with van der Waals surface area (Å²) < 4.78 is 47.6. The molecule has 3 rings (SSSR count). The normalized spacial score (nSPS) is 23.2. The third kappa shape index (κ3) is 7.15. The number of amides is 1. The molecule has 0 aliphatic carbocycles. The van der Waals surface area contributed by atoms with Crippen LogP contribution in [0.2, 0.25) is 0 Å².